The smallest absolute Gasteiger partial charge is 0.224 e. The van der Waals surface area contributed by atoms with E-state index in [9.17, 15) is 4.79 Å². The van der Waals surface area contributed by atoms with Crippen molar-refractivity contribution in [2.45, 2.75) is 26.8 Å². The van der Waals surface area contributed by atoms with Crippen LogP contribution < -0.4 is 5.32 Å². The van der Waals surface area contributed by atoms with E-state index in [-0.39, 0.29) is 5.91 Å². The van der Waals surface area contributed by atoms with Gasteiger partial charge >= 0.3 is 0 Å². The van der Waals surface area contributed by atoms with E-state index in [1.807, 2.05) is 49.4 Å². The van der Waals surface area contributed by atoms with Crippen LogP contribution in [0.4, 0.5) is 0 Å². The van der Waals surface area contributed by atoms with Crippen molar-refractivity contribution in [2.24, 2.45) is 0 Å². The van der Waals surface area contributed by atoms with Gasteiger partial charge in [-0.05, 0) is 43.2 Å². The highest BCUT2D eigenvalue weighted by Gasteiger charge is 2.13. The lowest BCUT2D eigenvalue weighted by Gasteiger charge is -2.12. The fourth-order valence-electron chi connectivity index (χ4n) is 3.22. The third-order valence-corrected chi connectivity index (χ3v) is 5.63. The van der Waals surface area contributed by atoms with E-state index < -0.39 is 0 Å². The largest absolute Gasteiger partial charge is 0.349 e. The highest BCUT2D eigenvalue weighted by atomic mass is 32.1. The van der Waals surface area contributed by atoms with Crippen LogP contribution in [0.2, 0.25) is 0 Å². The van der Waals surface area contributed by atoms with Gasteiger partial charge in [-0.3, -0.25) is 9.78 Å². The number of aromatic nitrogens is 2. The lowest BCUT2D eigenvalue weighted by atomic mass is 9.99. The van der Waals surface area contributed by atoms with Crippen molar-refractivity contribution in [1.82, 2.24) is 15.3 Å². The van der Waals surface area contributed by atoms with Crippen molar-refractivity contribution >= 4 is 38.4 Å². The van der Waals surface area contributed by atoms with Crippen LogP contribution in [0.5, 0.6) is 0 Å². The Bertz CT molecular complexity index is 1080. The molecule has 0 aliphatic heterocycles. The van der Waals surface area contributed by atoms with E-state index in [0.717, 1.165) is 42.9 Å². The van der Waals surface area contributed by atoms with E-state index in [4.69, 9.17) is 0 Å². The van der Waals surface area contributed by atoms with Crippen LogP contribution in [0, 0.1) is 13.8 Å². The number of hydrogen-bond donors (Lipinski definition) is 1. The lowest BCUT2D eigenvalue weighted by molar-refractivity contribution is -0.120. The van der Waals surface area contributed by atoms with Crippen LogP contribution in [0.15, 0.2) is 48.5 Å². The summed E-state index contributed by atoms with van der Waals surface area (Å²) < 4.78 is 1.14. The molecule has 0 aliphatic carbocycles. The molecule has 0 spiro atoms. The van der Waals surface area contributed by atoms with Crippen molar-refractivity contribution in [2.75, 3.05) is 0 Å². The molecule has 2 aromatic carbocycles. The first-order valence-corrected chi connectivity index (χ1v) is 9.39. The van der Waals surface area contributed by atoms with Gasteiger partial charge in [0.25, 0.3) is 0 Å². The van der Waals surface area contributed by atoms with Gasteiger partial charge in [0.1, 0.15) is 5.01 Å². The van der Waals surface area contributed by atoms with Crippen molar-refractivity contribution in [3.8, 4) is 0 Å². The molecule has 0 saturated carbocycles. The summed E-state index contributed by atoms with van der Waals surface area (Å²) in [4.78, 5) is 21.7. The quantitative estimate of drug-likeness (QED) is 0.589. The van der Waals surface area contributed by atoms with Crippen molar-refractivity contribution < 1.29 is 4.79 Å². The molecule has 4 aromatic rings. The van der Waals surface area contributed by atoms with Crippen molar-refractivity contribution in [3.05, 3.63) is 70.4 Å². The van der Waals surface area contributed by atoms with Gasteiger partial charge in [0, 0.05) is 11.1 Å². The molecule has 0 aliphatic rings. The summed E-state index contributed by atoms with van der Waals surface area (Å²) >= 11 is 1.62. The third-order valence-electron chi connectivity index (χ3n) is 4.60. The Morgan fingerprint density at radius 2 is 1.73 bits per heavy atom. The van der Waals surface area contributed by atoms with Crippen LogP contribution in [0.1, 0.15) is 21.8 Å². The first-order valence-electron chi connectivity index (χ1n) is 8.58. The van der Waals surface area contributed by atoms with E-state index in [1.54, 1.807) is 11.3 Å². The van der Waals surface area contributed by atoms with Crippen LogP contribution in [-0.4, -0.2) is 15.9 Å². The second kappa shape index (κ2) is 6.84. The molecule has 26 heavy (non-hydrogen) atoms. The van der Waals surface area contributed by atoms with Gasteiger partial charge in [0.2, 0.25) is 5.91 Å². The van der Waals surface area contributed by atoms with Gasteiger partial charge in [0.05, 0.1) is 28.7 Å². The number of pyridine rings is 1. The predicted molar refractivity (Wildman–Crippen MR) is 106 cm³/mol. The highest BCUT2D eigenvalue weighted by Crippen LogP contribution is 2.23. The number of carbonyl (C=O) groups is 1. The summed E-state index contributed by atoms with van der Waals surface area (Å²) in [5.74, 6) is -0.00691. The first kappa shape index (κ1) is 16.7. The molecule has 4 rings (SSSR count). The molecule has 0 unspecified atom stereocenters. The van der Waals surface area contributed by atoms with E-state index in [1.165, 1.54) is 0 Å². The Labute approximate surface area is 155 Å². The molecule has 0 bridgehead atoms. The number of carbonyl (C=O) groups excluding carboxylic acids is 1. The number of benzene rings is 2. The topological polar surface area (TPSA) is 54.9 Å². The second-order valence-corrected chi connectivity index (χ2v) is 7.46. The molecule has 0 fully saturated rings. The molecule has 4 nitrogen and oxygen atoms in total. The minimum atomic E-state index is -0.00691. The Hall–Kier alpha value is -2.79. The maximum atomic E-state index is 12.5. The minimum Gasteiger partial charge on any atom is -0.349 e. The lowest BCUT2D eigenvalue weighted by Crippen LogP contribution is -2.25. The molecule has 0 atom stereocenters. The summed E-state index contributed by atoms with van der Waals surface area (Å²) in [6.45, 7) is 4.49. The Kier molecular flexibility index (Phi) is 4.39. The number of nitrogens with zero attached hydrogens (tertiary/aromatic N) is 2. The Morgan fingerprint density at radius 3 is 2.54 bits per heavy atom. The summed E-state index contributed by atoms with van der Waals surface area (Å²) in [7, 11) is 0. The van der Waals surface area contributed by atoms with Crippen molar-refractivity contribution in [3.63, 3.8) is 0 Å². The molecule has 1 N–H and O–H groups in total. The molecule has 130 valence electrons. The van der Waals surface area contributed by atoms with Crippen LogP contribution in [0.3, 0.4) is 0 Å². The number of para-hydroxylation sites is 2. The van der Waals surface area contributed by atoms with Gasteiger partial charge in [-0.15, -0.1) is 11.3 Å². The van der Waals surface area contributed by atoms with Crippen molar-refractivity contribution in [1.29, 1.82) is 0 Å². The highest BCUT2D eigenvalue weighted by molar-refractivity contribution is 7.18. The molecular weight excluding hydrogens is 342 g/mol. The fraction of sp³-hybridized carbons (Fsp3) is 0.190. The SMILES string of the molecule is Cc1nc2ccccc2c(C)c1CC(=O)NCc1nc2ccccc2s1. The van der Waals surface area contributed by atoms with E-state index in [0.29, 0.717) is 13.0 Å². The average Bonchev–Trinajstić information content (AvgIpc) is 3.06. The summed E-state index contributed by atoms with van der Waals surface area (Å²) in [5, 5.41) is 5.02. The van der Waals surface area contributed by atoms with Gasteiger partial charge < -0.3 is 5.32 Å². The van der Waals surface area contributed by atoms with Gasteiger partial charge in [-0.25, -0.2) is 4.98 Å². The van der Waals surface area contributed by atoms with Crippen LogP contribution in [-0.2, 0) is 17.8 Å². The molecule has 0 saturated heterocycles. The molecule has 1 amide bonds. The maximum absolute atomic E-state index is 12.5. The van der Waals surface area contributed by atoms with Gasteiger partial charge in [-0.1, -0.05) is 30.3 Å². The summed E-state index contributed by atoms with van der Waals surface area (Å²) in [5.41, 5.74) is 5.00. The first-order chi connectivity index (χ1) is 12.6. The average molecular weight is 361 g/mol. The number of rotatable bonds is 4. The molecule has 0 radical (unpaired) electrons. The summed E-state index contributed by atoms with van der Waals surface area (Å²) in [6, 6.07) is 16.1. The molecule has 2 aromatic heterocycles. The monoisotopic (exact) mass is 361 g/mol. The molecule has 2 heterocycles. The maximum Gasteiger partial charge on any atom is 0.224 e. The van der Waals surface area contributed by atoms with Gasteiger partial charge in [-0.2, -0.15) is 0 Å². The van der Waals surface area contributed by atoms with E-state index >= 15 is 0 Å². The van der Waals surface area contributed by atoms with Gasteiger partial charge in [0.15, 0.2) is 0 Å². The Morgan fingerprint density at radius 1 is 1.00 bits per heavy atom. The zero-order chi connectivity index (χ0) is 18.1. The number of fused-ring (bicyclic) bond motifs is 2. The van der Waals surface area contributed by atoms with Crippen LogP contribution >= 0.6 is 11.3 Å². The standard InChI is InChI=1S/C21H19N3OS/c1-13-15-7-3-4-8-17(15)23-14(2)16(13)11-20(25)22-12-21-24-18-9-5-6-10-19(18)26-21/h3-10H,11-12H2,1-2H3,(H,22,25). The third kappa shape index (κ3) is 3.18. The number of thiazole rings is 1. The minimum absolute atomic E-state index is 0.00691. The number of aryl methyl sites for hydroxylation is 2. The zero-order valence-corrected chi connectivity index (χ0v) is 15.6. The number of amides is 1. The fourth-order valence-corrected chi connectivity index (χ4v) is 4.13. The summed E-state index contributed by atoms with van der Waals surface area (Å²) in [6.07, 6.45) is 0.334. The predicted octanol–water partition coefficient (Wildman–Crippen LogP) is 4.32. The normalized spacial score (nSPS) is 11.2. The Balaban J connectivity index is 1.50. The van der Waals surface area contributed by atoms with E-state index in [2.05, 4.69) is 28.3 Å². The second-order valence-electron chi connectivity index (χ2n) is 6.35. The number of hydrogen-bond acceptors (Lipinski definition) is 4. The molecular formula is C21H19N3OS. The zero-order valence-electron chi connectivity index (χ0n) is 14.7. The number of nitrogens with one attached hydrogen (secondary N) is 1. The van der Waals surface area contributed by atoms with Crippen LogP contribution in [0.25, 0.3) is 21.1 Å². The molecule has 5 heteroatoms.